The van der Waals surface area contributed by atoms with Crippen molar-refractivity contribution in [3.63, 3.8) is 0 Å². The Morgan fingerprint density at radius 3 is 2.00 bits per heavy atom. The zero-order valence-electron chi connectivity index (χ0n) is 17.8. The molecule has 34 heavy (non-hydrogen) atoms. The molecule has 1 heterocycles. The van der Waals surface area contributed by atoms with Crippen LogP contribution in [0.15, 0.2) is 12.5 Å². The summed E-state index contributed by atoms with van der Waals surface area (Å²) in [4.78, 5) is 76.6. The van der Waals surface area contributed by atoms with E-state index in [0.717, 1.165) is 0 Å². The third kappa shape index (κ3) is 9.61. The Morgan fingerprint density at radius 2 is 1.50 bits per heavy atom. The van der Waals surface area contributed by atoms with Gasteiger partial charge >= 0.3 is 17.9 Å². The number of hydrogen-bond donors (Lipinski definition) is 9. The molecule has 188 valence electrons. The van der Waals surface area contributed by atoms with E-state index >= 15 is 0 Å². The number of nitrogens with zero attached hydrogens (tertiary/aromatic N) is 1. The molecule has 0 saturated carbocycles. The van der Waals surface area contributed by atoms with Gasteiger partial charge in [0.05, 0.1) is 25.4 Å². The van der Waals surface area contributed by atoms with Crippen molar-refractivity contribution in [1.29, 1.82) is 0 Å². The summed E-state index contributed by atoms with van der Waals surface area (Å²) < 4.78 is 0. The SMILES string of the molecule is NC(CCC(=O)O)C(=O)NC(CC(=O)O)C(=O)NC(CO)C(=O)NC(Cc1cnc[nH]1)C(=O)O. The molecule has 4 unspecified atom stereocenters. The van der Waals surface area contributed by atoms with Crippen molar-refractivity contribution in [2.24, 2.45) is 5.73 Å². The number of aromatic amines is 1. The highest BCUT2D eigenvalue weighted by Gasteiger charge is 2.31. The Bertz CT molecular complexity index is 890. The lowest BCUT2D eigenvalue weighted by atomic mass is 10.1. The minimum Gasteiger partial charge on any atom is -0.481 e. The van der Waals surface area contributed by atoms with Crippen LogP contribution in [0, 0.1) is 0 Å². The van der Waals surface area contributed by atoms with E-state index in [-0.39, 0.29) is 12.8 Å². The molecule has 10 N–H and O–H groups in total. The number of aliphatic hydroxyl groups is 1. The maximum atomic E-state index is 12.5. The van der Waals surface area contributed by atoms with Crippen LogP contribution < -0.4 is 21.7 Å². The number of amides is 3. The average molecular weight is 486 g/mol. The van der Waals surface area contributed by atoms with Crippen molar-refractivity contribution >= 4 is 35.6 Å². The number of hydrogen-bond acceptors (Lipinski definition) is 9. The van der Waals surface area contributed by atoms with Crippen molar-refractivity contribution < 1.29 is 49.2 Å². The first kappa shape index (κ1) is 28.0. The number of nitrogens with two attached hydrogens (primary N) is 1. The van der Waals surface area contributed by atoms with Crippen LogP contribution in [-0.4, -0.2) is 96.8 Å². The molecule has 1 rings (SSSR count). The predicted molar refractivity (Wildman–Crippen MR) is 110 cm³/mol. The van der Waals surface area contributed by atoms with Crippen molar-refractivity contribution in [3.8, 4) is 0 Å². The number of aliphatic carboxylic acids is 3. The average Bonchev–Trinajstić information content (AvgIpc) is 3.27. The van der Waals surface area contributed by atoms with Gasteiger partial charge in [-0.1, -0.05) is 0 Å². The van der Waals surface area contributed by atoms with E-state index in [1.165, 1.54) is 12.5 Å². The fourth-order valence-electron chi connectivity index (χ4n) is 2.63. The fourth-order valence-corrected chi connectivity index (χ4v) is 2.63. The van der Waals surface area contributed by atoms with Gasteiger partial charge in [-0.25, -0.2) is 9.78 Å². The van der Waals surface area contributed by atoms with Crippen molar-refractivity contribution in [1.82, 2.24) is 25.9 Å². The zero-order chi connectivity index (χ0) is 25.8. The summed E-state index contributed by atoms with van der Waals surface area (Å²) in [6, 6.07) is -6.19. The predicted octanol–water partition coefficient (Wildman–Crippen LogP) is -3.85. The Kier molecular flexibility index (Phi) is 11.1. The summed E-state index contributed by atoms with van der Waals surface area (Å²) in [7, 11) is 0. The van der Waals surface area contributed by atoms with Crippen LogP contribution in [0.5, 0.6) is 0 Å². The minimum absolute atomic E-state index is 0.181. The molecule has 0 saturated heterocycles. The van der Waals surface area contributed by atoms with Crippen LogP contribution in [0.4, 0.5) is 0 Å². The number of carbonyl (C=O) groups is 6. The molecule has 0 fully saturated rings. The molecule has 16 nitrogen and oxygen atoms in total. The summed E-state index contributed by atoms with van der Waals surface area (Å²) in [6.45, 7) is -0.972. The lowest BCUT2D eigenvalue weighted by Gasteiger charge is -2.23. The van der Waals surface area contributed by atoms with Crippen LogP contribution in [-0.2, 0) is 35.2 Å². The third-order valence-corrected chi connectivity index (χ3v) is 4.43. The van der Waals surface area contributed by atoms with E-state index in [1.54, 1.807) is 0 Å². The van der Waals surface area contributed by atoms with Gasteiger partial charge in [0, 0.05) is 24.7 Å². The zero-order valence-corrected chi connectivity index (χ0v) is 17.8. The van der Waals surface area contributed by atoms with Crippen LogP contribution in [0.3, 0.4) is 0 Å². The summed E-state index contributed by atoms with van der Waals surface area (Å²) in [5, 5.41) is 42.7. The Labute approximate surface area is 191 Å². The second kappa shape index (κ2) is 13.5. The monoisotopic (exact) mass is 486 g/mol. The van der Waals surface area contributed by atoms with Crippen molar-refractivity contribution in [2.45, 2.75) is 49.9 Å². The Morgan fingerprint density at radius 1 is 0.912 bits per heavy atom. The van der Waals surface area contributed by atoms with E-state index in [4.69, 9.17) is 15.9 Å². The molecular formula is C18H26N6O10. The second-order valence-corrected chi connectivity index (χ2v) is 7.12. The topological polar surface area (TPSA) is 274 Å². The quantitative estimate of drug-likeness (QED) is 0.115. The molecule has 1 aromatic heterocycles. The summed E-state index contributed by atoms with van der Waals surface area (Å²) in [6.07, 6.45) is 0.822. The highest BCUT2D eigenvalue weighted by Crippen LogP contribution is 2.02. The molecular weight excluding hydrogens is 460 g/mol. The smallest absolute Gasteiger partial charge is 0.326 e. The lowest BCUT2D eigenvalue weighted by Crippen LogP contribution is -2.58. The Balaban J connectivity index is 2.83. The van der Waals surface area contributed by atoms with Gasteiger partial charge in [0.2, 0.25) is 17.7 Å². The number of H-pyrrole nitrogens is 1. The molecule has 16 heteroatoms. The van der Waals surface area contributed by atoms with Gasteiger partial charge < -0.3 is 47.1 Å². The third-order valence-electron chi connectivity index (χ3n) is 4.43. The first-order valence-corrected chi connectivity index (χ1v) is 9.85. The molecule has 0 aliphatic carbocycles. The van der Waals surface area contributed by atoms with E-state index in [9.17, 15) is 39.0 Å². The van der Waals surface area contributed by atoms with Gasteiger partial charge in [-0.3, -0.25) is 24.0 Å². The molecule has 0 aliphatic heterocycles. The van der Waals surface area contributed by atoms with E-state index < -0.39 is 79.2 Å². The number of carbonyl (C=O) groups excluding carboxylic acids is 3. The molecule has 3 amide bonds. The van der Waals surface area contributed by atoms with Gasteiger partial charge in [0.1, 0.15) is 18.1 Å². The highest BCUT2D eigenvalue weighted by atomic mass is 16.4. The summed E-state index contributed by atoms with van der Waals surface area (Å²) in [5.41, 5.74) is 5.93. The first-order valence-electron chi connectivity index (χ1n) is 9.85. The van der Waals surface area contributed by atoms with E-state index in [1.807, 2.05) is 5.32 Å². The summed E-state index contributed by atoms with van der Waals surface area (Å²) >= 11 is 0. The van der Waals surface area contributed by atoms with Crippen LogP contribution >= 0.6 is 0 Å². The highest BCUT2D eigenvalue weighted by molar-refractivity contribution is 5.95. The maximum absolute atomic E-state index is 12.5. The second-order valence-electron chi connectivity index (χ2n) is 7.12. The lowest BCUT2D eigenvalue weighted by molar-refractivity contribution is -0.143. The first-order chi connectivity index (χ1) is 15.9. The molecule has 0 aromatic carbocycles. The number of carboxylic acid groups (broad SMARTS) is 3. The molecule has 4 atom stereocenters. The maximum Gasteiger partial charge on any atom is 0.326 e. The van der Waals surface area contributed by atoms with Gasteiger partial charge in [0.25, 0.3) is 0 Å². The number of aromatic nitrogens is 2. The Hall–Kier alpha value is -4.05. The van der Waals surface area contributed by atoms with Crippen molar-refractivity contribution in [2.75, 3.05) is 6.61 Å². The van der Waals surface area contributed by atoms with Gasteiger partial charge in [-0.2, -0.15) is 0 Å². The van der Waals surface area contributed by atoms with Crippen molar-refractivity contribution in [3.05, 3.63) is 18.2 Å². The van der Waals surface area contributed by atoms with Gasteiger partial charge in [-0.15, -0.1) is 0 Å². The van der Waals surface area contributed by atoms with Gasteiger partial charge in [0.15, 0.2) is 0 Å². The largest absolute Gasteiger partial charge is 0.481 e. The summed E-state index contributed by atoms with van der Waals surface area (Å²) in [5.74, 6) is -7.37. The number of nitrogens with one attached hydrogen (secondary N) is 4. The van der Waals surface area contributed by atoms with Crippen LogP contribution in [0.2, 0.25) is 0 Å². The number of rotatable bonds is 15. The molecule has 0 aliphatic rings. The number of aliphatic hydroxyl groups excluding tert-OH is 1. The standard InChI is InChI=1S/C18H26N6O10/c19-9(1-2-13(26)27)15(30)22-10(4-14(28)29)16(31)24-12(6-25)17(32)23-11(18(33)34)3-8-5-20-7-21-8/h5,7,9-12,25H,1-4,6,19H2,(H,20,21)(H,22,30)(H,23,32)(H,24,31)(H,26,27)(H,28,29)(H,33,34). The van der Waals surface area contributed by atoms with Gasteiger partial charge in [-0.05, 0) is 6.42 Å². The van der Waals surface area contributed by atoms with Crippen LogP contribution in [0.1, 0.15) is 25.0 Å². The van der Waals surface area contributed by atoms with Crippen LogP contribution in [0.25, 0.3) is 0 Å². The normalized spacial score (nSPS) is 14.2. The fraction of sp³-hybridized carbons (Fsp3) is 0.500. The molecule has 0 bridgehead atoms. The minimum atomic E-state index is -1.72. The van der Waals surface area contributed by atoms with E-state index in [2.05, 4.69) is 20.6 Å². The molecule has 0 spiro atoms. The molecule has 1 aromatic rings. The molecule has 0 radical (unpaired) electrons. The number of imidazole rings is 1. The number of carboxylic acids is 3. The van der Waals surface area contributed by atoms with E-state index in [0.29, 0.717) is 5.69 Å².